The first-order chi connectivity index (χ1) is 7.81. The van der Waals surface area contributed by atoms with Crippen molar-refractivity contribution in [1.29, 1.82) is 0 Å². The molecule has 1 heteroatoms. The molecule has 0 aromatic heterocycles. The largest absolute Gasteiger partial charge is 0.130 e. The molecule has 80 valence electrons. The molecule has 0 saturated heterocycles. The Kier molecular flexibility index (Phi) is 3.47. The van der Waals surface area contributed by atoms with Gasteiger partial charge in [0.2, 0.25) is 0 Å². The highest BCUT2D eigenvalue weighted by Crippen LogP contribution is 2.23. The summed E-state index contributed by atoms with van der Waals surface area (Å²) in [6.07, 6.45) is 2.08. The van der Waals surface area contributed by atoms with Crippen LogP contribution in [-0.2, 0) is 0 Å². The Bertz CT molecular complexity index is 469. The van der Waals surface area contributed by atoms with Gasteiger partial charge in [0.25, 0.3) is 0 Å². The van der Waals surface area contributed by atoms with Crippen LogP contribution in [0.25, 0.3) is 5.57 Å². The SMILES string of the molecule is C=C(c1ccccc1)c1ccc(SC)cc1. The Balaban J connectivity index is 2.28. The normalized spacial score (nSPS) is 10.1. The van der Waals surface area contributed by atoms with Crippen LogP contribution in [0.2, 0.25) is 0 Å². The van der Waals surface area contributed by atoms with Gasteiger partial charge in [-0.2, -0.15) is 0 Å². The van der Waals surface area contributed by atoms with E-state index >= 15 is 0 Å². The van der Waals surface area contributed by atoms with E-state index in [4.69, 9.17) is 0 Å². The molecule has 0 aliphatic carbocycles. The summed E-state index contributed by atoms with van der Waals surface area (Å²) in [6.45, 7) is 4.14. The van der Waals surface area contributed by atoms with E-state index in [0.29, 0.717) is 0 Å². The molecular weight excluding hydrogens is 212 g/mol. The van der Waals surface area contributed by atoms with Gasteiger partial charge in [0, 0.05) is 4.90 Å². The first kappa shape index (κ1) is 11.0. The smallest absolute Gasteiger partial charge is 0.00695 e. The maximum Gasteiger partial charge on any atom is 0.00695 e. The van der Waals surface area contributed by atoms with Gasteiger partial charge in [-0.15, -0.1) is 11.8 Å². The van der Waals surface area contributed by atoms with Gasteiger partial charge in [0.05, 0.1) is 0 Å². The second-order valence-corrected chi connectivity index (χ2v) is 4.45. The van der Waals surface area contributed by atoms with Gasteiger partial charge in [-0.1, -0.05) is 49.0 Å². The predicted molar refractivity (Wildman–Crippen MR) is 72.8 cm³/mol. The van der Waals surface area contributed by atoms with Crippen LogP contribution < -0.4 is 0 Å². The standard InChI is InChI=1S/C15H14S/c1-12(13-6-4-3-5-7-13)14-8-10-15(16-2)11-9-14/h3-11H,1H2,2H3. The van der Waals surface area contributed by atoms with E-state index in [1.807, 2.05) is 18.2 Å². The third-order valence-electron chi connectivity index (χ3n) is 2.56. The van der Waals surface area contributed by atoms with Gasteiger partial charge in [0.15, 0.2) is 0 Å². The molecule has 0 fully saturated rings. The summed E-state index contributed by atoms with van der Waals surface area (Å²) in [6, 6.07) is 18.8. The van der Waals surface area contributed by atoms with E-state index in [1.165, 1.54) is 16.0 Å². The average molecular weight is 226 g/mol. The molecule has 0 atom stereocenters. The van der Waals surface area contributed by atoms with Gasteiger partial charge in [-0.25, -0.2) is 0 Å². The van der Waals surface area contributed by atoms with Crippen molar-refractivity contribution in [2.75, 3.05) is 6.26 Å². The van der Waals surface area contributed by atoms with Gasteiger partial charge in [-0.3, -0.25) is 0 Å². The van der Waals surface area contributed by atoms with Crippen LogP contribution in [0.15, 0.2) is 66.1 Å². The van der Waals surface area contributed by atoms with Gasteiger partial charge >= 0.3 is 0 Å². The van der Waals surface area contributed by atoms with Crippen LogP contribution >= 0.6 is 11.8 Å². The van der Waals surface area contributed by atoms with Gasteiger partial charge in [0.1, 0.15) is 0 Å². The monoisotopic (exact) mass is 226 g/mol. The molecule has 0 bridgehead atoms. The second kappa shape index (κ2) is 5.04. The molecule has 0 amide bonds. The molecule has 2 aromatic carbocycles. The highest BCUT2D eigenvalue weighted by molar-refractivity contribution is 7.98. The van der Waals surface area contributed by atoms with Crippen LogP contribution in [0.4, 0.5) is 0 Å². The zero-order chi connectivity index (χ0) is 11.4. The van der Waals surface area contributed by atoms with Crippen molar-refractivity contribution in [2.24, 2.45) is 0 Å². The average Bonchev–Trinajstić information content (AvgIpc) is 2.39. The molecule has 0 N–H and O–H groups in total. The minimum atomic E-state index is 1.08. The minimum Gasteiger partial charge on any atom is -0.130 e. The number of thioether (sulfide) groups is 1. The van der Waals surface area contributed by atoms with Crippen molar-refractivity contribution in [3.8, 4) is 0 Å². The topological polar surface area (TPSA) is 0 Å². The van der Waals surface area contributed by atoms with E-state index in [-0.39, 0.29) is 0 Å². The lowest BCUT2D eigenvalue weighted by molar-refractivity contribution is 1.44. The van der Waals surface area contributed by atoms with Crippen molar-refractivity contribution in [1.82, 2.24) is 0 Å². The fourth-order valence-corrected chi connectivity index (χ4v) is 2.01. The molecule has 0 unspecified atom stereocenters. The van der Waals surface area contributed by atoms with E-state index in [9.17, 15) is 0 Å². The van der Waals surface area contributed by atoms with Gasteiger partial charge in [-0.05, 0) is 35.1 Å². The van der Waals surface area contributed by atoms with Crippen LogP contribution in [0, 0.1) is 0 Å². The third-order valence-corrected chi connectivity index (χ3v) is 3.30. The van der Waals surface area contributed by atoms with Crippen molar-refractivity contribution < 1.29 is 0 Å². The Labute approximate surface area is 101 Å². The van der Waals surface area contributed by atoms with Crippen molar-refractivity contribution >= 4 is 17.3 Å². The van der Waals surface area contributed by atoms with Gasteiger partial charge < -0.3 is 0 Å². The quantitative estimate of drug-likeness (QED) is 0.696. The zero-order valence-corrected chi connectivity index (χ0v) is 10.1. The first-order valence-corrected chi connectivity index (χ1v) is 6.42. The molecule has 0 saturated carbocycles. The summed E-state index contributed by atoms with van der Waals surface area (Å²) >= 11 is 1.76. The lowest BCUT2D eigenvalue weighted by atomic mass is 10.00. The summed E-state index contributed by atoms with van der Waals surface area (Å²) in [7, 11) is 0. The maximum atomic E-state index is 4.14. The molecule has 0 radical (unpaired) electrons. The van der Waals surface area contributed by atoms with E-state index < -0.39 is 0 Å². The second-order valence-electron chi connectivity index (χ2n) is 3.57. The Morgan fingerprint density at radius 2 is 1.44 bits per heavy atom. The maximum absolute atomic E-state index is 4.14. The molecule has 16 heavy (non-hydrogen) atoms. The third kappa shape index (κ3) is 2.37. The van der Waals surface area contributed by atoms with Crippen molar-refractivity contribution in [3.05, 3.63) is 72.3 Å². The van der Waals surface area contributed by atoms with E-state index in [1.54, 1.807) is 11.8 Å². The fourth-order valence-electron chi connectivity index (χ4n) is 1.60. The highest BCUT2D eigenvalue weighted by Gasteiger charge is 2.01. The summed E-state index contributed by atoms with van der Waals surface area (Å²) in [5.74, 6) is 0. The van der Waals surface area contributed by atoms with Crippen LogP contribution in [0.1, 0.15) is 11.1 Å². The predicted octanol–water partition coefficient (Wildman–Crippen LogP) is 4.47. The van der Waals surface area contributed by atoms with Crippen molar-refractivity contribution in [3.63, 3.8) is 0 Å². The first-order valence-electron chi connectivity index (χ1n) is 5.20. The van der Waals surface area contributed by atoms with Crippen LogP contribution in [0.5, 0.6) is 0 Å². The number of benzene rings is 2. The van der Waals surface area contributed by atoms with Crippen LogP contribution in [-0.4, -0.2) is 6.26 Å². The minimum absolute atomic E-state index is 1.08. The lowest BCUT2D eigenvalue weighted by Gasteiger charge is -2.06. The summed E-state index contributed by atoms with van der Waals surface area (Å²) in [5, 5.41) is 0. The molecule has 0 heterocycles. The molecule has 0 nitrogen and oxygen atoms in total. The molecule has 0 spiro atoms. The molecular formula is C15H14S. The molecule has 2 rings (SSSR count). The summed E-state index contributed by atoms with van der Waals surface area (Å²) in [5.41, 5.74) is 3.44. The number of hydrogen-bond acceptors (Lipinski definition) is 1. The van der Waals surface area contributed by atoms with E-state index in [2.05, 4.69) is 49.2 Å². The fraction of sp³-hybridized carbons (Fsp3) is 0.0667. The van der Waals surface area contributed by atoms with Crippen molar-refractivity contribution in [2.45, 2.75) is 4.90 Å². The molecule has 0 aliphatic rings. The number of rotatable bonds is 3. The van der Waals surface area contributed by atoms with Crippen LogP contribution in [0.3, 0.4) is 0 Å². The molecule has 0 aliphatic heterocycles. The number of hydrogen-bond donors (Lipinski definition) is 0. The molecule has 2 aromatic rings. The Hall–Kier alpha value is -1.47. The lowest BCUT2D eigenvalue weighted by Crippen LogP contribution is -1.85. The summed E-state index contributed by atoms with van der Waals surface area (Å²) in [4.78, 5) is 1.28. The highest BCUT2D eigenvalue weighted by atomic mass is 32.2. The Morgan fingerprint density at radius 1 is 0.875 bits per heavy atom. The zero-order valence-electron chi connectivity index (χ0n) is 9.31. The summed E-state index contributed by atoms with van der Waals surface area (Å²) < 4.78 is 0. The Morgan fingerprint density at radius 3 is 2.00 bits per heavy atom. The van der Waals surface area contributed by atoms with E-state index in [0.717, 1.165) is 5.57 Å².